The highest BCUT2D eigenvalue weighted by Gasteiger charge is 2.26. The van der Waals surface area contributed by atoms with Gasteiger partial charge in [0.15, 0.2) is 11.9 Å². The van der Waals surface area contributed by atoms with Gasteiger partial charge in [-0.15, -0.1) is 0 Å². The highest BCUT2D eigenvalue weighted by molar-refractivity contribution is 6.05. The van der Waals surface area contributed by atoms with E-state index in [0.29, 0.717) is 28.1 Å². The first-order valence-electron chi connectivity index (χ1n) is 11.8. The number of nitrogens with one attached hydrogen (secondary N) is 1. The molecule has 0 aliphatic carbocycles. The average Bonchev–Trinajstić information content (AvgIpc) is 3.40. The molecule has 4 heterocycles. The smallest absolute Gasteiger partial charge is 0.252 e. The fourth-order valence-corrected chi connectivity index (χ4v) is 4.14. The predicted octanol–water partition coefficient (Wildman–Crippen LogP) is 4.58. The molecule has 0 fully saturated rings. The Balaban J connectivity index is 1.46. The second-order valence-corrected chi connectivity index (χ2v) is 8.90. The van der Waals surface area contributed by atoms with Gasteiger partial charge < -0.3 is 15.4 Å². The van der Waals surface area contributed by atoms with Gasteiger partial charge in [0.2, 0.25) is 11.9 Å². The Morgan fingerprint density at radius 1 is 1.14 bits per heavy atom. The fraction of sp³-hybridized carbons (Fsp3) is 0.179. The van der Waals surface area contributed by atoms with Crippen molar-refractivity contribution in [3.63, 3.8) is 0 Å². The maximum atomic E-state index is 13.4. The summed E-state index contributed by atoms with van der Waals surface area (Å²) in [6.07, 6.45) is 4.47. The van der Waals surface area contributed by atoms with Crippen molar-refractivity contribution in [2.24, 2.45) is 5.16 Å². The highest BCUT2D eigenvalue weighted by atomic mass is 19.1. The van der Waals surface area contributed by atoms with E-state index in [0.717, 1.165) is 28.6 Å². The number of halogens is 1. The largest absolute Gasteiger partial charge is 0.618 e. The van der Waals surface area contributed by atoms with Crippen LogP contribution in [0.15, 0.2) is 84.4 Å². The minimum absolute atomic E-state index is 0.220. The molecule has 1 aromatic carbocycles. The number of nitrogens with zero attached hydrogens (tertiary/aromatic N) is 4. The van der Waals surface area contributed by atoms with Gasteiger partial charge in [0.05, 0.1) is 17.1 Å². The minimum Gasteiger partial charge on any atom is -0.618 e. The van der Waals surface area contributed by atoms with E-state index in [-0.39, 0.29) is 11.8 Å². The Morgan fingerprint density at radius 2 is 1.97 bits per heavy atom. The monoisotopic (exact) mass is 497 g/mol. The summed E-state index contributed by atoms with van der Waals surface area (Å²) in [6.45, 7) is 3.62. The Morgan fingerprint density at radius 3 is 2.70 bits per heavy atom. The first kappa shape index (κ1) is 24.1. The molecule has 8 nitrogen and oxygen atoms in total. The third-order valence-corrected chi connectivity index (χ3v) is 6.12. The third-order valence-electron chi connectivity index (χ3n) is 6.12. The number of carbonyl (C=O) groups is 1. The molecule has 0 spiro atoms. The lowest BCUT2D eigenvalue weighted by molar-refractivity contribution is -0.617. The van der Waals surface area contributed by atoms with Gasteiger partial charge in [0, 0.05) is 41.6 Å². The van der Waals surface area contributed by atoms with E-state index in [9.17, 15) is 14.4 Å². The Labute approximate surface area is 213 Å². The van der Waals surface area contributed by atoms with Gasteiger partial charge in [-0.25, -0.2) is 4.39 Å². The molecule has 5 rings (SSSR count). The number of carbonyl (C=O) groups excluding carboxylic acids is 1. The summed E-state index contributed by atoms with van der Waals surface area (Å²) in [4.78, 5) is 27.8. The summed E-state index contributed by atoms with van der Waals surface area (Å²) in [5.74, 6) is -1.04. The van der Waals surface area contributed by atoms with Crippen molar-refractivity contribution in [1.29, 1.82) is 0 Å². The average molecular weight is 498 g/mol. The van der Waals surface area contributed by atoms with Crippen LogP contribution in [0.3, 0.4) is 0 Å². The fourth-order valence-electron chi connectivity index (χ4n) is 4.14. The van der Waals surface area contributed by atoms with E-state index in [1.807, 2.05) is 43.3 Å². The zero-order valence-corrected chi connectivity index (χ0v) is 20.3. The maximum Gasteiger partial charge on any atom is 0.252 e. The van der Waals surface area contributed by atoms with Gasteiger partial charge in [0.1, 0.15) is 6.04 Å². The molecule has 1 aliphatic rings. The van der Waals surface area contributed by atoms with Crippen molar-refractivity contribution >= 4 is 11.6 Å². The lowest BCUT2D eigenvalue weighted by Crippen LogP contribution is -2.38. The number of aromatic nitrogens is 3. The van der Waals surface area contributed by atoms with Crippen LogP contribution in [0.1, 0.15) is 58.4 Å². The molecule has 0 saturated heterocycles. The Kier molecular flexibility index (Phi) is 6.59. The zero-order chi connectivity index (χ0) is 25.9. The topological polar surface area (TPSA) is 103 Å². The Hall–Kier alpha value is -4.66. The molecule has 1 unspecified atom stereocenters. The second-order valence-electron chi connectivity index (χ2n) is 8.90. The molecular weight excluding hydrogens is 473 g/mol. The van der Waals surface area contributed by atoms with Crippen LogP contribution in [0, 0.1) is 17.9 Å². The van der Waals surface area contributed by atoms with Gasteiger partial charge in [-0.1, -0.05) is 17.3 Å². The maximum absolute atomic E-state index is 13.4. The molecule has 3 aromatic heterocycles. The van der Waals surface area contributed by atoms with Crippen LogP contribution in [0.5, 0.6) is 0 Å². The number of hydrogen-bond donors (Lipinski definition) is 1. The molecule has 186 valence electrons. The number of aryl methyl sites for hydroxylation is 1. The van der Waals surface area contributed by atoms with Crippen LogP contribution in [0.4, 0.5) is 4.39 Å². The van der Waals surface area contributed by atoms with E-state index < -0.39 is 17.8 Å². The van der Waals surface area contributed by atoms with Gasteiger partial charge in [-0.05, 0) is 61.9 Å². The quantitative estimate of drug-likeness (QED) is 0.310. The van der Waals surface area contributed by atoms with Gasteiger partial charge >= 0.3 is 0 Å². The second kappa shape index (κ2) is 10.1. The van der Waals surface area contributed by atoms with Crippen LogP contribution < -0.4 is 10.0 Å². The van der Waals surface area contributed by atoms with Crippen LogP contribution in [0.25, 0.3) is 11.3 Å². The summed E-state index contributed by atoms with van der Waals surface area (Å²) >= 11 is 0. The number of benzene rings is 1. The van der Waals surface area contributed by atoms with E-state index in [4.69, 9.17) is 4.84 Å². The molecular formula is C28H24FN5O3. The van der Waals surface area contributed by atoms with E-state index >= 15 is 0 Å². The van der Waals surface area contributed by atoms with Crippen LogP contribution in [-0.4, -0.2) is 21.6 Å². The minimum atomic E-state index is -0.657. The number of oxime groups is 1. The van der Waals surface area contributed by atoms with Crippen LogP contribution in [-0.2, 0) is 4.84 Å². The zero-order valence-electron chi connectivity index (χ0n) is 20.3. The summed E-state index contributed by atoms with van der Waals surface area (Å²) in [7, 11) is 0. The van der Waals surface area contributed by atoms with E-state index in [2.05, 4.69) is 20.4 Å². The van der Waals surface area contributed by atoms with Crippen LogP contribution in [0.2, 0.25) is 0 Å². The number of pyridine rings is 3. The van der Waals surface area contributed by atoms with E-state index in [1.54, 1.807) is 31.5 Å². The van der Waals surface area contributed by atoms with Crippen molar-refractivity contribution in [1.82, 2.24) is 15.3 Å². The summed E-state index contributed by atoms with van der Waals surface area (Å²) in [5, 5.41) is 19.2. The van der Waals surface area contributed by atoms with Gasteiger partial charge in [0.25, 0.3) is 5.91 Å². The third kappa shape index (κ3) is 5.30. The molecule has 0 saturated carbocycles. The van der Waals surface area contributed by atoms with E-state index in [1.165, 1.54) is 12.1 Å². The SMILES string of the molecule is Cc1ccc(-c2cc(C(=O)N[C@H](C)c3ccc(F)c[n+]3[O-])cc(C3=NOC(c4ccccn4)C3)c2)nc1. The van der Waals surface area contributed by atoms with Gasteiger partial charge in [-0.3, -0.25) is 14.8 Å². The number of rotatable bonds is 6. The molecule has 37 heavy (non-hydrogen) atoms. The molecule has 2 atom stereocenters. The summed E-state index contributed by atoms with van der Waals surface area (Å²) in [6, 6.07) is 16.7. The molecule has 0 radical (unpaired) electrons. The normalized spacial score (nSPS) is 15.5. The Bertz CT molecular complexity index is 1480. The van der Waals surface area contributed by atoms with Crippen molar-refractivity contribution in [3.8, 4) is 11.3 Å². The predicted molar refractivity (Wildman–Crippen MR) is 135 cm³/mol. The summed E-state index contributed by atoms with van der Waals surface area (Å²) < 4.78 is 13.8. The lowest BCUT2D eigenvalue weighted by atomic mass is 9.96. The molecule has 9 heteroatoms. The first-order valence-corrected chi connectivity index (χ1v) is 11.8. The molecule has 4 aromatic rings. The molecule has 1 N–H and O–H groups in total. The molecule has 1 aliphatic heterocycles. The molecule has 0 bridgehead atoms. The van der Waals surface area contributed by atoms with Crippen LogP contribution >= 0.6 is 0 Å². The van der Waals surface area contributed by atoms with Crippen molar-refractivity contribution in [3.05, 3.63) is 118 Å². The van der Waals surface area contributed by atoms with Gasteiger partial charge in [-0.2, -0.15) is 4.73 Å². The standard InChI is InChI=1S/C28H24FN5O3/c1-17-6-8-23(31-15-17)19-11-20(25-14-27(37-33-25)24-5-3-4-10-30-24)13-21(12-19)28(35)32-18(2)26-9-7-22(29)16-34(26)36/h3-13,15-16,18,27H,14H2,1-2H3,(H,32,35)/t18-,27?/m1/s1. The number of amides is 1. The first-order chi connectivity index (χ1) is 17.9. The van der Waals surface area contributed by atoms with Crippen molar-refractivity contribution in [2.45, 2.75) is 32.4 Å². The lowest BCUT2D eigenvalue weighted by Gasteiger charge is -2.15. The van der Waals surface area contributed by atoms with Crippen molar-refractivity contribution in [2.75, 3.05) is 0 Å². The molecule has 1 amide bonds. The number of hydrogen-bond acceptors (Lipinski definition) is 6. The summed E-state index contributed by atoms with van der Waals surface area (Å²) in [5.41, 5.74) is 5.22. The highest BCUT2D eigenvalue weighted by Crippen LogP contribution is 2.30. The van der Waals surface area contributed by atoms with Crippen molar-refractivity contribution < 1.29 is 18.8 Å².